The SMILES string of the molecule is O[C@H](CNCc1ccc2c(c1)OCCO2)c1ccc2c(c1)OCO2. The molecular formula is C18H19NO5. The van der Waals surface area contributed by atoms with Crippen LogP contribution in [0.5, 0.6) is 23.0 Å². The Labute approximate surface area is 139 Å². The second-order valence-corrected chi connectivity index (χ2v) is 5.74. The van der Waals surface area contributed by atoms with Crippen molar-refractivity contribution in [2.45, 2.75) is 12.6 Å². The monoisotopic (exact) mass is 329 g/mol. The van der Waals surface area contributed by atoms with E-state index in [-0.39, 0.29) is 6.79 Å². The summed E-state index contributed by atoms with van der Waals surface area (Å²) in [6.45, 7) is 2.47. The first-order valence-electron chi connectivity index (χ1n) is 7.96. The summed E-state index contributed by atoms with van der Waals surface area (Å²) in [5.41, 5.74) is 1.88. The quantitative estimate of drug-likeness (QED) is 0.874. The molecule has 0 unspecified atom stereocenters. The van der Waals surface area contributed by atoms with Gasteiger partial charge in [0, 0.05) is 13.1 Å². The fourth-order valence-corrected chi connectivity index (χ4v) is 2.79. The highest BCUT2D eigenvalue weighted by Crippen LogP contribution is 2.34. The molecule has 2 N–H and O–H groups in total. The summed E-state index contributed by atoms with van der Waals surface area (Å²) in [7, 11) is 0. The molecule has 0 aliphatic carbocycles. The molecule has 0 aromatic heterocycles. The molecule has 0 saturated heterocycles. The summed E-state index contributed by atoms with van der Waals surface area (Å²) in [5, 5.41) is 13.6. The normalized spacial score (nSPS) is 16.0. The van der Waals surface area contributed by atoms with Crippen molar-refractivity contribution in [3.05, 3.63) is 47.5 Å². The van der Waals surface area contributed by atoms with Crippen LogP contribution in [0, 0.1) is 0 Å². The van der Waals surface area contributed by atoms with E-state index in [0.29, 0.717) is 32.1 Å². The van der Waals surface area contributed by atoms with Gasteiger partial charge in [0.2, 0.25) is 6.79 Å². The van der Waals surface area contributed by atoms with E-state index in [1.807, 2.05) is 36.4 Å². The summed E-state index contributed by atoms with van der Waals surface area (Å²) >= 11 is 0. The van der Waals surface area contributed by atoms with Gasteiger partial charge in [-0.05, 0) is 35.4 Å². The molecule has 2 heterocycles. The second-order valence-electron chi connectivity index (χ2n) is 5.74. The number of rotatable bonds is 5. The first kappa shape index (κ1) is 15.1. The van der Waals surface area contributed by atoms with Gasteiger partial charge in [-0.15, -0.1) is 0 Å². The fraction of sp³-hybridized carbons (Fsp3) is 0.333. The zero-order chi connectivity index (χ0) is 16.4. The number of ether oxygens (including phenoxy) is 4. The lowest BCUT2D eigenvalue weighted by atomic mass is 10.1. The predicted molar refractivity (Wildman–Crippen MR) is 86.7 cm³/mol. The molecule has 0 saturated carbocycles. The average Bonchev–Trinajstić information content (AvgIpc) is 3.09. The van der Waals surface area contributed by atoms with Gasteiger partial charge in [-0.3, -0.25) is 0 Å². The van der Waals surface area contributed by atoms with Crippen molar-refractivity contribution >= 4 is 0 Å². The van der Waals surface area contributed by atoms with E-state index in [4.69, 9.17) is 18.9 Å². The zero-order valence-electron chi connectivity index (χ0n) is 13.2. The van der Waals surface area contributed by atoms with Crippen molar-refractivity contribution in [1.82, 2.24) is 5.32 Å². The number of fused-ring (bicyclic) bond motifs is 2. The van der Waals surface area contributed by atoms with Crippen molar-refractivity contribution in [1.29, 1.82) is 0 Å². The van der Waals surface area contributed by atoms with Gasteiger partial charge >= 0.3 is 0 Å². The topological polar surface area (TPSA) is 69.2 Å². The third-order valence-electron chi connectivity index (χ3n) is 4.05. The van der Waals surface area contributed by atoms with E-state index < -0.39 is 6.10 Å². The Hall–Kier alpha value is -2.44. The van der Waals surface area contributed by atoms with Gasteiger partial charge in [0.05, 0.1) is 6.10 Å². The Morgan fingerprint density at radius 2 is 1.58 bits per heavy atom. The van der Waals surface area contributed by atoms with E-state index in [2.05, 4.69) is 5.32 Å². The first-order chi connectivity index (χ1) is 11.8. The largest absolute Gasteiger partial charge is 0.486 e. The summed E-state index contributed by atoms with van der Waals surface area (Å²) < 4.78 is 21.7. The van der Waals surface area contributed by atoms with Crippen LogP contribution in [-0.4, -0.2) is 31.7 Å². The second kappa shape index (κ2) is 6.59. The molecule has 6 heteroatoms. The smallest absolute Gasteiger partial charge is 0.231 e. The lowest BCUT2D eigenvalue weighted by molar-refractivity contribution is 0.169. The third kappa shape index (κ3) is 3.11. The van der Waals surface area contributed by atoms with Crippen LogP contribution in [0.15, 0.2) is 36.4 Å². The molecule has 0 fully saturated rings. The highest BCUT2D eigenvalue weighted by atomic mass is 16.7. The summed E-state index contributed by atoms with van der Waals surface area (Å²) in [6, 6.07) is 11.4. The summed E-state index contributed by atoms with van der Waals surface area (Å²) in [6.07, 6.45) is -0.614. The average molecular weight is 329 g/mol. The molecule has 2 aliphatic heterocycles. The minimum Gasteiger partial charge on any atom is -0.486 e. The number of aliphatic hydroxyl groups is 1. The molecule has 1 atom stereocenters. The molecule has 6 nitrogen and oxygen atoms in total. The van der Waals surface area contributed by atoms with Crippen LogP contribution in [-0.2, 0) is 6.54 Å². The Balaban J connectivity index is 1.33. The van der Waals surface area contributed by atoms with Crippen molar-refractivity contribution in [3.8, 4) is 23.0 Å². The number of hydrogen-bond acceptors (Lipinski definition) is 6. The van der Waals surface area contributed by atoms with Gasteiger partial charge in [-0.2, -0.15) is 0 Å². The van der Waals surface area contributed by atoms with Crippen molar-refractivity contribution in [2.24, 2.45) is 0 Å². The molecule has 0 bridgehead atoms. The van der Waals surface area contributed by atoms with Crippen LogP contribution in [0.25, 0.3) is 0 Å². The highest BCUT2D eigenvalue weighted by Gasteiger charge is 2.16. The molecule has 2 aromatic carbocycles. The molecule has 0 amide bonds. The van der Waals surface area contributed by atoms with Crippen LogP contribution in [0.4, 0.5) is 0 Å². The van der Waals surface area contributed by atoms with Gasteiger partial charge in [0.15, 0.2) is 23.0 Å². The van der Waals surface area contributed by atoms with Crippen LogP contribution in [0.1, 0.15) is 17.2 Å². The maximum atomic E-state index is 10.3. The molecule has 0 spiro atoms. The lowest BCUT2D eigenvalue weighted by Crippen LogP contribution is -2.21. The Kier molecular flexibility index (Phi) is 4.15. The Morgan fingerprint density at radius 1 is 0.875 bits per heavy atom. The van der Waals surface area contributed by atoms with Crippen LogP contribution in [0.3, 0.4) is 0 Å². The minimum absolute atomic E-state index is 0.233. The van der Waals surface area contributed by atoms with Gasteiger partial charge in [-0.25, -0.2) is 0 Å². The number of aliphatic hydroxyl groups excluding tert-OH is 1. The molecule has 24 heavy (non-hydrogen) atoms. The maximum absolute atomic E-state index is 10.3. The minimum atomic E-state index is -0.614. The highest BCUT2D eigenvalue weighted by molar-refractivity contribution is 5.45. The third-order valence-corrected chi connectivity index (χ3v) is 4.05. The van der Waals surface area contributed by atoms with Crippen molar-refractivity contribution in [3.63, 3.8) is 0 Å². The summed E-state index contributed by atoms with van der Waals surface area (Å²) in [5.74, 6) is 2.95. The molecule has 126 valence electrons. The van der Waals surface area contributed by atoms with Crippen molar-refractivity contribution in [2.75, 3.05) is 26.6 Å². The maximum Gasteiger partial charge on any atom is 0.231 e. The number of benzene rings is 2. The molecule has 4 rings (SSSR count). The van der Waals surface area contributed by atoms with E-state index in [1.165, 1.54) is 0 Å². The van der Waals surface area contributed by atoms with Gasteiger partial charge in [0.25, 0.3) is 0 Å². The van der Waals surface area contributed by atoms with Gasteiger partial charge in [-0.1, -0.05) is 12.1 Å². The van der Waals surface area contributed by atoms with Crippen molar-refractivity contribution < 1.29 is 24.1 Å². The van der Waals surface area contributed by atoms with Crippen LogP contribution in [0.2, 0.25) is 0 Å². The first-order valence-corrected chi connectivity index (χ1v) is 7.96. The molecule has 0 radical (unpaired) electrons. The van der Waals surface area contributed by atoms with E-state index in [1.54, 1.807) is 0 Å². The Morgan fingerprint density at radius 3 is 2.50 bits per heavy atom. The van der Waals surface area contributed by atoms with E-state index >= 15 is 0 Å². The predicted octanol–water partition coefficient (Wildman–Crippen LogP) is 2.01. The molecular weight excluding hydrogens is 310 g/mol. The standard InChI is InChI=1S/C18H19NO5/c20-14(13-2-4-16-18(8-13)24-11-23-16)10-19-9-12-1-3-15-17(7-12)22-6-5-21-15/h1-4,7-8,14,19-20H,5-6,9-11H2/t14-/m1/s1. The zero-order valence-corrected chi connectivity index (χ0v) is 13.2. The molecule has 2 aliphatic rings. The van der Waals surface area contributed by atoms with Crippen LogP contribution >= 0.6 is 0 Å². The van der Waals surface area contributed by atoms with E-state index in [9.17, 15) is 5.11 Å². The van der Waals surface area contributed by atoms with E-state index in [0.717, 1.165) is 28.4 Å². The molecule has 2 aromatic rings. The van der Waals surface area contributed by atoms with Crippen LogP contribution < -0.4 is 24.3 Å². The number of hydrogen-bond donors (Lipinski definition) is 2. The number of nitrogens with one attached hydrogen (secondary N) is 1. The summed E-state index contributed by atoms with van der Waals surface area (Å²) in [4.78, 5) is 0. The van der Waals surface area contributed by atoms with Gasteiger partial charge in [0.1, 0.15) is 13.2 Å². The Bertz CT molecular complexity index is 733. The lowest BCUT2D eigenvalue weighted by Gasteiger charge is -2.19. The van der Waals surface area contributed by atoms with Gasteiger partial charge < -0.3 is 29.4 Å². The fourth-order valence-electron chi connectivity index (χ4n) is 2.79.